The van der Waals surface area contributed by atoms with Crippen LogP contribution in [-0.4, -0.2) is 10.5 Å². The quantitative estimate of drug-likeness (QED) is 0.175. The number of aromatic nitrogens is 1. The second-order valence-electron chi connectivity index (χ2n) is 8.17. The number of carbonyl (C=O) groups excluding carboxylic acids is 1. The van der Waals surface area contributed by atoms with Crippen molar-refractivity contribution in [1.29, 1.82) is 0 Å². The lowest BCUT2D eigenvalue weighted by Gasteiger charge is -2.13. The third-order valence-corrected chi connectivity index (χ3v) is 5.64. The summed E-state index contributed by atoms with van der Waals surface area (Å²) in [5, 5.41) is 1.08. The molecule has 1 heterocycles. The van der Waals surface area contributed by atoms with Gasteiger partial charge >= 0.3 is 5.97 Å². The van der Waals surface area contributed by atoms with E-state index in [1.165, 1.54) is 5.56 Å². The van der Waals surface area contributed by atoms with E-state index in [1.54, 1.807) is 0 Å². The number of fused-ring (bicyclic) bond motifs is 1. The van der Waals surface area contributed by atoms with Gasteiger partial charge in [-0.15, -0.1) is 0 Å². The number of para-hydroxylation sites is 1. The van der Waals surface area contributed by atoms with Crippen molar-refractivity contribution in [1.82, 2.24) is 4.57 Å². The summed E-state index contributed by atoms with van der Waals surface area (Å²) in [5.41, 5.74) is 4.21. The Morgan fingerprint density at radius 1 is 0.939 bits per heavy atom. The SMILES string of the molecule is CCCCC#CC(OC(=O)Cc1cn(Cc2ccccc2)c2ccccc12)c1ccccc1. The highest BCUT2D eigenvalue weighted by Gasteiger charge is 2.17. The normalized spacial score (nSPS) is 11.5. The topological polar surface area (TPSA) is 31.2 Å². The molecule has 3 nitrogen and oxygen atoms in total. The summed E-state index contributed by atoms with van der Waals surface area (Å²) in [4.78, 5) is 13.0. The lowest BCUT2D eigenvalue weighted by atomic mass is 10.1. The Hall–Kier alpha value is -3.77. The maximum atomic E-state index is 13.0. The van der Waals surface area contributed by atoms with Gasteiger partial charge in [-0.05, 0) is 23.6 Å². The predicted octanol–water partition coefficient (Wildman–Crippen LogP) is 6.71. The van der Waals surface area contributed by atoms with Gasteiger partial charge < -0.3 is 9.30 Å². The van der Waals surface area contributed by atoms with Gasteiger partial charge in [0.05, 0.1) is 6.42 Å². The summed E-state index contributed by atoms with van der Waals surface area (Å²) in [6.07, 6.45) is 4.69. The van der Waals surface area contributed by atoms with Crippen LogP contribution in [0.1, 0.15) is 49.0 Å². The maximum absolute atomic E-state index is 13.0. The molecule has 1 atom stereocenters. The van der Waals surface area contributed by atoms with Crippen LogP contribution in [-0.2, 0) is 22.5 Å². The van der Waals surface area contributed by atoms with E-state index in [-0.39, 0.29) is 12.4 Å². The Labute approximate surface area is 196 Å². The Bertz CT molecular complexity index is 1250. The first-order valence-corrected chi connectivity index (χ1v) is 11.6. The third kappa shape index (κ3) is 5.93. The van der Waals surface area contributed by atoms with Crippen LogP contribution in [0.2, 0.25) is 0 Å². The van der Waals surface area contributed by atoms with Crippen molar-refractivity contribution >= 4 is 16.9 Å². The summed E-state index contributed by atoms with van der Waals surface area (Å²) in [7, 11) is 0. The van der Waals surface area contributed by atoms with E-state index in [0.29, 0.717) is 0 Å². The summed E-state index contributed by atoms with van der Waals surface area (Å²) < 4.78 is 8.08. The zero-order chi connectivity index (χ0) is 22.9. The number of rotatable bonds is 8. The minimum atomic E-state index is -0.548. The first-order valence-electron chi connectivity index (χ1n) is 11.6. The summed E-state index contributed by atoms with van der Waals surface area (Å²) in [6, 6.07) is 28.3. The fourth-order valence-electron chi connectivity index (χ4n) is 3.94. The van der Waals surface area contributed by atoms with Crippen molar-refractivity contribution < 1.29 is 9.53 Å². The largest absolute Gasteiger partial charge is 0.444 e. The van der Waals surface area contributed by atoms with Crippen LogP contribution in [0.25, 0.3) is 10.9 Å². The van der Waals surface area contributed by atoms with Crippen molar-refractivity contribution in [2.45, 2.75) is 45.3 Å². The summed E-state index contributed by atoms with van der Waals surface area (Å²) >= 11 is 0. The second kappa shape index (κ2) is 11.2. The fraction of sp³-hybridized carbons (Fsp3) is 0.233. The van der Waals surface area contributed by atoms with E-state index in [2.05, 4.69) is 53.8 Å². The Morgan fingerprint density at radius 3 is 2.39 bits per heavy atom. The molecule has 0 fully saturated rings. The third-order valence-electron chi connectivity index (χ3n) is 5.64. The van der Waals surface area contributed by atoms with Crippen molar-refractivity contribution in [2.24, 2.45) is 0 Å². The number of nitrogens with zero attached hydrogens (tertiary/aromatic N) is 1. The molecule has 0 N–H and O–H groups in total. The molecule has 0 amide bonds. The molecule has 0 saturated carbocycles. The van der Waals surface area contributed by atoms with Gasteiger partial charge in [-0.3, -0.25) is 4.79 Å². The van der Waals surface area contributed by atoms with E-state index in [9.17, 15) is 4.79 Å². The highest BCUT2D eigenvalue weighted by molar-refractivity contribution is 5.88. The molecule has 0 radical (unpaired) electrons. The molecule has 0 aliphatic carbocycles. The zero-order valence-electron chi connectivity index (χ0n) is 19.0. The number of esters is 1. The highest BCUT2D eigenvalue weighted by atomic mass is 16.5. The minimum Gasteiger partial charge on any atom is -0.444 e. The molecule has 1 unspecified atom stereocenters. The highest BCUT2D eigenvalue weighted by Crippen LogP contribution is 2.24. The Morgan fingerprint density at radius 2 is 1.64 bits per heavy atom. The Kier molecular flexibility index (Phi) is 7.61. The number of carbonyl (C=O) groups is 1. The molecule has 4 aromatic rings. The predicted molar refractivity (Wildman–Crippen MR) is 134 cm³/mol. The molecular formula is C30H29NO2. The average Bonchev–Trinajstić information content (AvgIpc) is 3.19. The van der Waals surface area contributed by atoms with Crippen LogP contribution in [0.15, 0.2) is 91.1 Å². The van der Waals surface area contributed by atoms with E-state index >= 15 is 0 Å². The van der Waals surface area contributed by atoms with E-state index in [1.807, 2.05) is 60.7 Å². The number of hydrogen-bond acceptors (Lipinski definition) is 2. The monoisotopic (exact) mass is 435 g/mol. The lowest BCUT2D eigenvalue weighted by Crippen LogP contribution is -2.12. The zero-order valence-corrected chi connectivity index (χ0v) is 19.0. The van der Waals surface area contributed by atoms with Crippen molar-refractivity contribution in [3.8, 4) is 11.8 Å². The molecule has 33 heavy (non-hydrogen) atoms. The van der Waals surface area contributed by atoms with Crippen LogP contribution in [0.3, 0.4) is 0 Å². The smallest absolute Gasteiger partial charge is 0.311 e. The molecule has 0 saturated heterocycles. The van der Waals surface area contributed by atoms with Crippen molar-refractivity contribution in [3.05, 3.63) is 108 Å². The molecule has 3 aromatic carbocycles. The first kappa shape index (κ1) is 22.4. The molecule has 0 aliphatic rings. The van der Waals surface area contributed by atoms with E-state index in [0.717, 1.165) is 47.8 Å². The number of hydrogen-bond donors (Lipinski definition) is 0. The van der Waals surface area contributed by atoms with Crippen molar-refractivity contribution in [2.75, 3.05) is 0 Å². The van der Waals surface area contributed by atoms with Crippen molar-refractivity contribution in [3.63, 3.8) is 0 Å². The number of ether oxygens (including phenoxy) is 1. The second-order valence-corrected chi connectivity index (χ2v) is 8.17. The van der Waals surface area contributed by atoms with Gasteiger partial charge in [0.15, 0.2) is 6.10 Å². The number of benzene rings is 3. The van der Waals surface area contributed by atoms with Crippen LogP contribution in [0.4, 0.5) is 0 Å². The first-order chi connectivity index (χ1) is 16.2. The molecule has 4 rings (SSSR count). The van der Waals surface area contributed by atoms with Gasteiger partial charge in [0.2, 0.25) is 0 Å². The van der Waals surface area contributed by atoms with Gasteiger partial charge in [-0.2, -0.15) is 0 Å². The molecule has 0 aliphatic heterocycles. The summed E-state index contributed by atoms with van der Waals surface area (Å²) in [5.74, 6) is 6.08. The maximum Gasteiger partial charge on any atom is 0.311 e. The molecule has 0 bridgehead atoms. The van der Waals surface area contributed by atoms with E-state index < -0.39 is 6.10 Å². The summed E-state index contributed by atoms with van der Waals surface area (Å²) in [6.45, 7) is 2.90. The minimum absolute atomic E-state index is 0.211. The fourth-order valence-corrected chi connectivity index (χ4v) is 3.94. The number of unbranched alkanes of at least 4 members (excludes halogenated alkanes) is 2. The average molecular weight is 436 g/mol. The Balaban J connectivity index is 1.54. The molecule has 1 aromatic heterocycles. The molecular weight excluding hydrogens is 406 g/mol. The van der Waals surface area contributed by atoms with Crippen LogP contribution in [0.5, 0.6) is 0 Å². The molecule has 3 heteroatoms. The van der Waals surface area contributed by atoms with Gasteiger partial charge in [0.1, 0.15) is 0 Å². The standard InChI is InChI=1S/C30H29NO2/c1-2-3-4-11-20-29(25-16-9-6-10-17-25)33-30(32)21-26-23-31(22-24-14-7-5-8-15-24)28-19-13-12-18-27(26)28/h5-10,12-19,23,29H,2-4,21-22H2,1H3. The van der Waals surface area contributed by atoms with E-state index in [4.69, 9.17) is 4.74 Å². The van der Waals surface area contributed by atoms with Crippen LogP contribution < -0.4 is 0 Å². The lowest BCUT2D eigenvalue weighted by molar-refractivity contribution is -0.145. The van der Waals surface area contributed by atoms with Gasteiger partial charge in [-0.25, -0.2) is 0 Å². The molecule has 0 spiro atoms. The molecule has 166 valence electrons. The van der Waals surface area contributed by atoms with Crippen LogP contribution in [0, 0.1) is 11.8 Å². The van der Waals surface area contributed by atoms with Gasteiger partial charge in [0, 0.05) is 35.6 Å². The van der Waals surface area contributed by atoms with Gasteiger partial charge in [0.25, 0.3) is 0 Å². The van der Waals surface area contributed by atoms with Gasteiger partial charge in [-0.1, -0.05) is 104 Å². The van der Waals surface area contributed by atoms with Crippen LogP contribution >= 0.6 is 0 Å².